The molecule has 0 radical (unpaired) electrons. The molecule has 0 fully saturated rings. The summed E-state index contributed by atoms with van der Waals surface area (Å²) >= 11 is 5.93. The van der Waals surface area contributed by atoms with Crippen molar-refractivity contribution in [2.24, 2.45) is 5.73 Å². The van der Waals surface area contributed by atoms with Gasteiger partial charge in [0.1, 0.15) is 11.6 Å². The van der Waals surface area contributed by atoms with Crippen molar-refractivity contribution in [2.75, 3.05) is 18.9 Å². The molecule has 0 bridgehead atoms. The Morgan fingerprint density at radius 3 is 2.33 bits per heavy atom. The van der Waals surface area contributed by atoms with E-state index in [4.69, 9.17) is 11.6 Å². The average molecular weight is 671 g/mol. The second kappa shape index (κ2) is 18.4. The van der Waals surface area contributed by atoms with Crippen molar-refractivity contribution in [2.45, 2.75) is 79.1 Å². The van der Waals surface area contributed by atoms with Gasteiger partial charge >= 0.3 is 6.36 Å². The number of halogens is 6. The van der Waals surface area contributed by atoms with E-state index in [1.54, 1.807) is 20.8 Å². The molecule has 46 heavy (non-hydrogen) atoms. The maximum atomic E-state index is 14.7. The van der Waals surface area contributed by atoms with E-state index in [1.165, 1.54) is 19.2 Å². The summed E-state index contributed by atoms with van der Waals surface area (Å²) < 4.78 is 71.9. The van der Waals surface area contributed by atoms with Crippen molar-refractivity contribution < 1.29 is 31.5 Å². The van der Waals surface area contributed by atoms with Gasteiger partial charge in [0.05, 0.1) is 16.4 Å². The third-order valence-electron chi connectivity index (χ3n) is 6.72. The lowest BCUT2D eigenvalue weighted by Gasteiger charge is -2.20. The maximum absolute atomic E-state index is 14.7. The molecular weight excluding hydrogens is 627 g/mol. The van der Waals surface area contributed by atoms with E-state index < -0.39 is 29.7 Å². The lowest BCUT2D eigenvalue weighted by atomic mass is 9.98. The zero-order chi connectivity index (χ0) is 35.4. The fourth-order valence-electron chi connectivity index (χ4n) is 4.89. The average Bonchev–Trinajstić information content (AvgIpc) is 3.38. The Balaban J connectivity index is 0.00000166. The lowest BCUT2D eigenvalue weighted by Crippen LogP contribution is -2.27. The molecular formula is C34H44ClF5N4O2. The number of amides is 1. The molecule has 254 valence electrons. The topological polar surface area (TPSA) is 89.3 Å². The summed E-state index contributed by atoms with van der Waals surface area (Å²) in [5.41, 5.74) is 8.03. The van der Waals surface area contributed by atoms with Crippen molar-refractivity contribution in [1.82, 2.24) is 10.3 Å². The molecule has 1 amide bonds. The van der Waals surface area contributed by atoms with Crippen LogP contribution in [-0.2, 0) is 12.8 Å². The van der Waals surface area contributed by atoms with Crippen LogP contribution >= 0.6 is 11.6 Å². The molecule has 1 heterocycles. The van der Waals surface area contributed by atoms with Crippen molar-refractivity contribution in [1.29, 1.82) is 0 Å². The van der Waals surface area contributed by atoms with Gasteiger partial charge in [-0.1, -0.05) is 32.4 Å². The number of anilines is 1. The molecule has 0 aliphatic heterocycles. The molecule has 4 N–H and O–H groups in total. The minimum Gasteiger partial charge on any atom is -0.404 e. The van der Waals surface area contributed by atoms with Crippen LogP contribution in [0.2, 0.25) is 5.02 Å². The third-order valence-corrected chi connectivity index (χ3v) is 7.01. The summed E-state index contributed by atoms with van der Waals surface area (Å²) in [7, 11) is 1.50. The highest BCUT2D eigenvalue weighted by atomic mass is 35.5. The van der Waals surface area contributed by atoms with E-state index in [-0.39, 0.29) is 46.8 Å². The van der Waals surface area contributed by atoms with E-state index >= 15 is 0 Å². The van der Waals surface area contributed by atoms with Crippen LogP contribution in [0.1, 0.15) is 79.7 Å². The van der Waals surface area contributed by atoms with Gasteiger partial charge in [0.2, 0.25) is 0 Å². The van der Waals surface area contributed by atoms with Crippen LogP contribution < -0.4 is 21.1 Å². The number of hydrogen-bond donors (Lipinski definition) is 3. The molecule has 3 aromatic rings. The highest BCUT2D eigenvalue weighted by Gasteiger charge is 2.33. The summed E-state index contributed by atoms with van der Waals surface area (Å²) in [6.45, 7) is 17.3. The zero-order valence-electron chi connectivity index (χ0n) is 27.4. The molecule has 0 spiro atoms. The first-order valence-corrected chi connectivity index (χ1v) is 15.3. The third kappa shape index (κ3) is 10.7. The van der Waals surface area contributed by atoms with Crippen molar-refractivity contribution in [3.8, 4) is 17.0 Å². The predicted molar refractivity (Wildman–Crippen MR) is 177 cm³/mol. The summed E-state index contributed by atoms with van der Waals surface area (Å²) in [4.78, 5) is 17.5. The van der Waals surface area contributed by atoms with E-state index in [1.807, 2.05) is 19.9 Å². The van der Waals surface area contributed by atoms with Crippen molar-refractivity contribution in [3.05, 3.63) is 88.1 Å². The van der Waals surface area contributed by atoms with Gasteiger partial charge in [-0.2, -0.15) is 0 Å². The van der Waals surface area contributed by atoms with Gasteiger partial charge in [0, 0.05) is 41.9 Å². The number of alkyl halides is 3. The summed E-state index contributed by atoms with van der Waals surface area (Å²) in [5, 5.41) is 5.42. The Morgan fingerprint density at radius 1 is 1.11 bits per heavy atom. The Bertz CT molecular complexity index is 1460. The largest absolute Gasteiger partial charge is 0.573 e. The summed E-state index contributed by atoms with van der Waals surface area (Å²) in [5.74, 6) is -2.51. The Labute approximate surface area is 273 Å². The normalized spacial score (nSPS) is 13.2. The van der Waals surface area contributed by atoms with Gasteiger partial charge in [0.15, 0.2) is 5.75 Å². The molecule has 12 heteroatoms. The summed E-state index contributed by atoms with van der Waals surface area (Å²) in [6, 6.07) is 6.24. The first-order chi connectivity index (χ1) is 21.7. The highest BCUT2D eigenvalue weighted by molar-refractivity contribution is 6.31. The Hall–Kier alpha value is -3.70. The number of pyridine rings is 1. The van der Waals surface area contributed by atoms with Crippen LogP contribution in [0.15, 0.2) is 43.5 Å². The number of fused-ring (bicyclic) bond motifs is 1. The number of rotatable bonds is 8. The van der Waals surface area contributed by atoms with Crippen LogP contribution in [0.4, 0.5) is 27.6 Å². The van der Waals surface area contributed by atoms with Crippen LogP contribution in [0.5, 0.6) is 5.75 Å². The van der Waals surface area contributed by atoms with Crippen LogP contribution in [-0.4, -0.2) is 36.9 Å². The molecule has 6 nitrogen and oxygen atoms in total. The molecule has 1 aliphatic rings. The number of aromatic nitrogens is 1. The van der Waals surface area contributed by atoms with Crippen molar-refractivity contribution >= 4 is 23.2 Å². The van der Waals surface area contributed by atoms with Gasteiger partial charge in [-0.05, 0) is 87.5 Å². The number of nitrogens with two attached hydrogens (primary N) is 1. The van der Waals surface area contributed by atoms with Crippen molar-refractivity contribution in [3.63, 3.8) is 0 Å². The second-order valence-corrected chi connectivity index (χ2v) is 10.6. The fraction of sp³-hybridized carbons (Fsp3) is 0.412. The number of nitrogens with one attached hydrogen (secondary N) is 2. The molecule has 2 aromatic carbocycles. The van der Waals surface area contributed by atoms with Crippen LogP contribution in [0.3, 0.4) is 0 Å². The minimum absolute atomic E-state index is 0.00491. The summed E-state index contributed by atoms with van der Waals surface area (Å²) in [6.07, 6.45) is -3.12. The fourth-order valence-corrected chi connectivity index (χ4v) is 5.05. The molecule has 0 saturated carbocycles. The van der Waals surface area contributed by atoms with Gasteiger partial charge in [0.25, 0.3) is 5.91 Å². The molecule has 0 saturated heterocycles. The second-order valence-electron chi connectivity index (χ2n) is 10.2. The van der Waals surface area contributed by atoms with Crippen LogP contribution in [0, 0.1) is 18.6 Å². The maximum Gasteiger partial charge on any atom is 0.573 e. The van der Waals surface area contributed by atoms with Gasteiger partial charge in [-0.3, -0.25) is 9.78 Å². The van der Waals surface area contributed by atoms with E-state index in [2.05, 4.69) is 46.2 Å². The monoisotopic (exact) mass is 670 g/mol. The number of benzene rings is 2. The van der Waals surface area contributed by atoms with E-state index in [9.17, 15) is 26.7 Å². The Kier molecular flexibility index (Phi) is 16.2. The number of aryl methyl sites for hydroxylation is 1. The quantitative estimate of drug-likeness (QED) is 0.126. The first-order valence-electron chi connectivity index (χ1n) is 14.9. The molecule has 4 rings (SSSR count). The van der Waals surface area contributed by atoms with Gasteiger partial charge in [-0.25, -0.2) is 8.78 Å². The standard InChI is InChI=1S/C29H29ClF5N3O2.C2H6.C2H4.CH5N/c1-14(2)37-26-16(4)9-17(10-25(26)40-29(33,34)35)28(39)36-8-7-18-11-20-15(3)5-6-19(20)27(38-18)21-12-22(30)24(32)13-23(21)31;3*1-2/h9-15,37H,5-8H2,1-4H3,(H,36,39);1-2H3;1-2H2;2H2,1H3. The number of carbonyl (C=O) groups is 1. The first kappa shape index (κ1) is 40.3. The number of carbonyl (C=O) groups excluding carboxylic acids is 1. The molecule has 1 unspecified atom stereocenters. The number of hydrogen-bond acceptors (Lipinski definition) is 5. The molecule has 1 aromatic heterocycles. The predicted octanol–water partition coefficient (Wildman–Crippen LogP) is 9.13. The smallest absolute Gasteiger partial charge is 0.404 e. The minimum atomic E-state index is -4.93. The molecule has 1 aliphatic carbocycles. The van der Waals surface area contributed by atoms with E-state index in [0.29, 0.717) is 23.4 Å². The SMILES string of the molecule is C=C.CC.CN.Cc1cc(C(=O)NCCc2cc3c(c(-c4cc(Cl)c(F)cc4F)n2)CCC3C)cc(OC(F)(F)F)c1NC(C)C. The number of ether oxygens (including phenoxy) is 1. The van der Waals surface area contributed by atoms with Crippen LogP contribution in [0.25, 0.3) is 11.3 Å². The Morgan fingerprint density at radius 2 is 1.74 bits per heavy atom. The van der Waals surface area contributed by atoms with Gasteiger partial charge in [-0.15, -0.1) is 26.3 Å². The molecule has 1 atom stereocenters. The zero-order valence-corrected chi connectivity index (χ0v) is 28.1. The van der Waals surface area contributed by atoms with E-state index in [0.717, 1.165) is 29.7 Å². The van der Waals surface area contributed by atoms with Gasteiger partial charge < -0.3 is 21.1 Å². The lowest BCUT2D eigenvalue weighted by molar-refractivity contribution is -0.274. The number of nitrogens with zero attached hydrogens (tertiary/aromatic N) is 1. The highest BCUT2D eigenvalue weighted by Crippen LogP contribution is 2.40.